The Balaban J connectivity index is 1.46. The van der Waals surface area contributed by atoms with Crippen molar-refractivity contribution in [3.63, 3.8) is 0 Å². The van der Waals surface area contributed by atoms with Crippen LogP contribution in [0.25, 0.3) is 11.0 Å². The van der Waals surface area contributed by atoms with Crippen molar-refractivity contribution in [1.29, 1.82) is 0 Å². The van der Waals surface area contributed by atoms with E-state index in [1.807, 2.05) is 6.07 Å². The van der Waals surface area contributed by atoms with Crippen LogP contribution in [0.4, 0.5) is 5.69 Å². The molecule has 2 heterocycles. The first kappa shape index (κ1) is 20.7. The van der Waals surface area contributed by atoms with E-state index < -0.39 is 16.8 Å². The van der Waals surface area contributed by atoms with Gasteiger partial charge in [-0.25, -0.2) is 9.79 Å². The van der Waals surface area contributed by atoms with E-state index in [9.17, 15) is 14.4 Å². The Labute approximate surface area is 181 Å². The minimum atomic E-state index is -0.721. The van der Waals surface area contributed by atoms with Gasteiger partial charge in [-0.05, 0) is 24.3 Å². The van der Waals surface area contributed by atoms with Crippen molar-refractivity contribution < 1.29 is 23.5 Å². The van der Waals surface area contributed by atoms with Crippen LogP contribution in [0, 0.1) is 0 Å². The lowest BCUT2D eigenvalue weighted by atomic mass is 10.2. The number of benzene rings is 2. The van der Waals surface area contributed by atoms with Crippen molar-refractivity contribution in [1.82, 2.24) is 0 Å². The maximum atomic E-state index is 12.5. The molecule has 9 heteroatoms. The highest BCUT2D eigenvalue weighted by Gasteiger charge is 2.32. The van der Waals surface area contributed by atoms with E-state index >= 15 is 0 Å². The fourth-order valence-electron chi connectivity index (χ4n) is 3.14. The second kappa shape index (κ2) is 8.65. The lowest BCUT2D eigenvalue weighted by Crippen LogP contribution is -2.21. The molecule has 0 saturated heterocycles. The van der Waals surface area contributed by atoms with Gasteiger partial charge in [0, 0.05) is 23.6 Å². The highest BCUT2D eigenvalue weighted by molar-refractivity contribution is 8.16. The van der Waals surface area contributed by atoms with Crippen LogP contribution in [0.5, 0.6) is 11.5 Å². The number of methoxy groups -OCH3 is 2. The van der Waals surface area contributed by atoms with E-state index in [2.05, 4.69) is 10.3 Å². The quantitative estimate of drug-likeness (QED) is 0.589. The average molecular weight is 438 g/mol. The molecule has 1 aliphatic rings. The SMILES string of the molecule is COc1ccc(NC(=O)CC2SC(c3cc4ccccc4oc3=O)=NC2=O)cc1OC. The molecule has 0 saturated carbocycles. The molecule has 8 nitrogen and oxygen atoms in total. The van der Waals surface area contributed by atoms with E-state index in [4.69, 9.17) is 13.9 Å². The molecule has 2 aromatic carbocycles. The standard InChI is InChI=1S/C22H18N2O6S/c1-28-16-8-7-13(10-17(16)29-2)23-19(25)11-18-20(26)24-21(31-18)14-9-12-5-3-4-6-15(12)30-22(14)27/h3-10,18H,11H2,1-2H3,(H,23,25). The van der Waals surface area contributed by atoms with E-state index in [-0.39, 0.29) is 22.9 Å². The minimum absolute atomic E-state index is 0.0935. The molecule has 1 unspecified atom stereocenters. The number of nitrogens with zero attached hydrogens (tertiary/aromatic N) is 1. The summed E-state index contributed by atoms with van der Waals surface area (Å²) in [4.78, 5) is 41.1. The van der Waals surface area contributed by atoms with Crippen LogP contribution >= 0.6 is 11.8 Å². The molecule has 158 valence electrons. The zero-order valence-electron chi connectivity index (χ0n) is 16.7. The second-order valence-electron chi connectivity index (χ2n) is 6.67. The van der Waals surface area contributed by atoms with Crippen molar-refractivity contribution in [3.8, 4) is 11.5 Å². The van der Waals surface area contributed by atoms with Gasteiger partial charge in [-0.15, -0.1) is 0 Å². The number of amides is 2. The van der Waals surface area contributed by atoms with Gasteiger partial charge < -0.3 is 19.2 Å². The van der Waals surface area contributed by atoms with Gasteiger partial charge >= 0.3 is 5.63 Å². The van der Waals surface area contributed by atoms with Crippen LogP contribution < -0.4 is 20.4 Å². The smallest absolute Gasteiger partial charge is 0.346 e. The van der Waals surface area contributed by atoms with Gasteiger partial charge in [-0.2, -0.15) is 0 Å². The first-order valence-electron chi connectivity index (χ1n) is 9.33. The predicted molar refractivity (Wildman–Crippen MR) is 118 cm³/mol. The third kappa shape index (κ3) is 4.31. The Morgan fingerprint density at radius 2 is 1.87 bits per heavy atom. The average Bonchev–Trinajstić information content (AvgIpc) is 3.12. The minimum Gasteiger partial charge on any atom is -0.493 e. The van der Waals surface area contributed by atoms with Gasteiger partial charge in [0.15, 0.2) is 11.5 Å². The molecule has 0 aliphatic carbocycles. The summed E-state index contributed by atoms with van der Waals surface area (Å²) in [5.41, 5.74) is 0.597. The third-order valence-electron chi connectivity index (χ3n) is 4.65. The lowest BCUT2D eigenvalue weighted by molar-refractivity contribution is -0.121. The predicted octanol–water partition coefficient (Wildman–Crippen LogP) is 3.23. The molecular formula is C22H18N2O6S. The molecule has 0 bridgehead atoms. The zero-order valence-corrected chi connectivity index (χ0v) is 17.5. The van der Waals surface area contributed by atoms with Crippen molar-refractivity contribution in [2.75, 3.05) is 19.5 Å². The molecule has 1 aliphatic heterocycles. The number of carbonyl (C=O) groups excluding carboxylic acids is 2. The van der Waals surface area contributed by atoms with Crippen molar-refractivity contribution in [2.45, 2.75) is 11.7 Å². The van der Waals surface area contributed by atoms with Crippen LogP contribution in [-0.4, -0.2) is 36.3 Å². The van der Waals surface area contributed by atoms with Crippen molar-refractivity contribution in [2.24, 2.45) is 4.99 Å². The molecular weight excluding hydrogens is 420 g/mol. The number of nitrogens with one attached hydrogen (secondary N) is 1. The highest BCUT2D eigenvalue weighted by atomic mass is 32.2. The molecule has 1 aromatic heterocycles. The summed E-state index contributed by atoms with van der Waals surface area (Å²) in [6, 6.07) is 13.7. The van der Waals surface area contributed by atoms with Crippen LogP contribution in [0.3, 0.4) is 0 Å². The first-order chi connectivity index (χ1) is 15.0. The van der Waals surface area contributed by atoms with Gasteiger partial charge in [0.1, 0.15) is 15.9 Å². The number of hydrogen-bond acceptors (Lipinski definition) is 7. The fraction of sp³-hybridized carbons (Fsp3) is 0.182. The Bertz CT molecular complexity index is 1270. The number of rotatable bonds is 6. The van der Waals surface area contributed by atoms with Crippen LogP contribution in [0.15, 0.2) is 62.7 Å². The fourth-order valence-corrected chi connectivity index (χ4v) is 4.21. The largest absolute Gasteiger partial charge is 0.493 e. The summed E-state index contributed by atoms with van der Waals surface area (Å²) in [6.07, 6.45) is -0.0935. The van der Waals surface area contributed by atoms with Crippen molar-refractivity contribution >= 4 is 45.3 Å². The molecule has 2 amide bonds. The number of ether oxygens (including phenoxy) is 2. The molecule has 1 N–H and O–H groups in total. The van der Waals surface area contributed by atoms with Crippen LogP contribution in [0.1, 0.15) is 12.0 Å². The van der Waals surface area contributed by atoms with Gasteiger partial charge in [0.2, 0.25) is 5.91 Å². The normalized spacial score (nSPS) is 15.6. The number of carbonyl (C=O) groups is 2. The Morgan fingerprint density at radius 3 is 2.65 bits per heavy atom. The monoisotopic (exact) mass is 438 g/mol. The Kier molecular flexibility index (Phi) is 5.77. The van der Waals surface area contributed by atoms with Gasteiger partial charge in [0.05, 0.1) is 19.8 Å². The molecule has 3 aromatic rings. The van der Waals surface area contributed by atoms with Gasteiger partial charge in [-0.1, -0.05) is 30.0 Å². The molecule has 31 heavy (non-hydrogen) atoms. The number of aliphatic imine (C=N–C) groups is 1. The van der Waals surface area contributed by atoms with Gasteiger partial charge in [0.25, 0.3) is 5.91 Å². The Hall–Kier alpha value is -3.59. The third-order valence-corrected chi connectivity index (χ3v) is 5.84. The summed E-state index contributed by atoms with van der Waals surface area (Å²) in [7, 11) is 3.02. The first-order valence-corrected chi connectivity index (χ1v) is 10.2. The van der Waals surface area contributed by atoms with Crippen molar-refractivity contribution in [3.05, 3.63) is 64.5 Å². The summed E-state index contributed by atoms with van der Waals surface area (Å²) >= 11 is 1.08. The number of para-hydroxylation sites is 1. The lowest BCUT2D eigenvalue weighted by Gasteiger charge is -2.11. The number of anilines is 1. The van der Waals surface area contributed by atoms with Gasteiger partial charge in [-0.3, -0.25) is 9.59 Å². The van der Waals surface area contributed by atoms with E-state index in [1.54, 1.807) is 42.5 Å². The summed E-state index contributed by atoms with van der Waals surface area (Å²) < 4.78 is 15.7. The highest BCUT2D eigenvalue weighted by Crippen LogP contribution is 2.31. The van der Waals surface area contributed by atoms with Crippen LogP contribution in [-0.2, 0) is 9.59 Å². The maximum Gasteiger partial charge on any atom is 0.346 e. The summed E-state index contributed by atoms with van der Waals surface area (Å²) in [6.45, 7) is 0. The molecule has 1 atom stereocenters. The van der Waals surface area contributed by atoms with E-state index in [0.717, 1.165) is 17.1 Å². The van der Waals surface area contributed by atoms with E-state index in [0.29, 0.717) is 22.8 Å². The second-order valence-corrected chi connectivity index (χ2v) is 7.86. The molecule has 0 radical (unpaired) electrons. The summed E-state index contributed by atoms with van der Waals surface area (Å²) in [5.74, 6) is 0.185. The van der Waals surface area contributed by atoms with E-state index in [1.165, 1.54) is 14.2 Å². The maximum absolute atomic E-state index is 12.5. The number of hydrogen-bond donors (Lipinski definition) is 1. The summed E-state index contributed by atoms with van der Waals surface area (Å²) in [5, 5.41) is 3.00. The number of fused-ring (bicyclic) bond motifs is 1. The number of thioether (sulfide) groups is 1. The molecule has 0 fully saturated rings. The van der Waals surface area contributed by atoms with Crippen LogP contribution in [0.2, 0.25) is 0 Å². The topological polar surface area (TPSA) is 107 Å². The molecule has 4 rings (SSSR count). The Morgan fingerprint density at radius 1 is 1.10 bits per heavy atom. The zero-order chi connectivity index (χ0) is 22.0. The molecule has 0 spiro atoms.